The highest BCUT2D eigenvalue weighted by atomic mass is 16.6. The van der Waals surface area contributed by atoms with Crippen molar-refractivity contribution in [3.63, 3.8) is 0 Å². The molecule has 0 aromatic heterocycles. The number of unbranched alkanes of at least 4 members (excludes halogenated alkanes) is 7. The third kappa shape index (κ3) is 14.9. The topological polar surface area (TPSA) is 83.4 Å². The first-order chi connectivity index (χ1) is 13.2. The summed E-state index contributed by atoms with van der Waals surface area (Å²) in [6, 6.07) is -0.364. The molecule has 27 heavy (non-hydrogen) atoms. The Balaban J connectivity index is 4.23. The highest BCUT2D eigenvalue weighted by Gasteiger charge is 2.22. The Bertz CT molecular complexity index is 416. The molecule has 0 bridgehead atoms. The van der Waals surface area contributed by atoms with Crippen LogP contribution in [0.1, 0.15) is 71.1 Å². The number of aliphatic imine (C=N–C) groups is 2. The molecule has 0 atom stereocenters. The second kappa shape index (κ2) is 18.9. The summed E-state index contributed by atoms with van der Waals surface area (Å²) in [6.07, 6.45) is 8.90. The Morgan fingerprint density at radius 1 is 0.889 bits per heavy atom. The Morgan fingerprint density at radius 2 is 1.48 bits per heavy atom. The molecule has 0 spiro atoms. The van der Waals surface area contributed by atoms with Crippen molar-refractivity contribution in [2.24, 2.45) is 9.98 Å². The molecule has 0 aliphatic heterocycles. The fourth-order valence-electron chi connectivity index (χ4n) is 2.50. The van der Waals surface area contributed by atoms with E-state index in [2.05, 4.69) is 28.7 Å². The molecular formula is C20H38N4O3. The van der Waals surface area contributed by atoms with Crippen molar-refractivity contribution < 1.29 is 14.3 Å². The van der Waals surface area contributed by atoms with Gasteiger partial charge >= 0.3 is 12.1 Å². The van der Waals surface area contributed by atoms with Crippen LogP contribution >= 0.6 is 0 Å². The number of carbonyl (C=O) groups excluding carboxylic acids is 2. The molecule has 0 aromatic rings. The van der Waals surface area contributed by atoms with E-state index in [9.17, 15) is 9.59 Å². The van der Waals surface area contributed by atoms with Crippen molar-refractivity contribution in [2.45, 2.75) is 71.1 Å². The summed E-state index contributed by atoms with van der Waals surface area (Å²) in [6.45, 7) is 11.8. The zero-order chi connectivity index (χ0) is 20.2. The van der Waals surface area contributed by atoms with E-state index in [1.54, 1.807) is 0 Å². The molecule has 156 valence electrons. The molecule has 0 radical (unpaired) electrons. The van der Waals surface area contributed by atoms with Gasteiger partial charge in [-0.2, -0.15) is 0 Å². The maximum Gasteiger partial charge on any atom is 0.417 e. The Hall–Kier alpha value is -1.92. The molecule has 0 saturated carbocycles. The van der Waals surface area contributed by atoms with E-state index in [-0.39, 0.29) is 6.03 Å². The minimum Gasteiger partial charge on any atom is -0.449 e. The molecule has 0 aliphatic carbocycles. The van der Waals surface area contributed by atoms with E-state index in [1.165, 1.54) is 4.90 Å². The van der Waals surface area contributed by atoms with Gasteiger partial charge in [0, 0.05) is 26.2 Å². The number of rotatable bonds is 17. The average Bonchev–Trinajstić information content (AvgIpc) is 2.66. The van der Waals surface area contributed by atoms with Crippen molar-refractivity contribution in [3.8, 4) is 0 Å². The van der Waals surface area contributed by atoms with E-state index < -0.39 is 6.09 Å². The molecule has 0 saturated heterocycles. The largest absolute Gasteiger partial charge is 0.449 e. The van der Waals surface area contributed by atoms with E-state index in [1.807, 2.05) is 6.92 Å². The van der Waals surface area contributed by atoms with Crippen LogP contribution in [0.2, 0.25) is 0 Å². The number of urea groups is 1. The monoisotopic (exact) mass is 382 g/mol. The van der Waals surface area contributed by atoms with Gasteiger partial charge in [0.25, 0.3) is 0 Å². The van der Waals surface area contributed by atoms with E-state index in [0.29, 0.717) is 19.7 Å². The Kier molecular flexibility index (Phi) is 17.5. The first kappa shape index (κ1) is 25.1. The molecule has 0 fully saturated rings. The number of hydrogen-bond acceptors (Lipinski definition) is 5. The maximum absolute atomic E-state index is 12.4. The smallest absolute Gasteiger partial charge is 0.417 e. The molecule has 0 rings (SSSR count). The standard InChI is InChI=1S/C20H38N4O3/c1-4-5-18-27-20(26)24(17-13-9-8-11-15-22-3)19(25)23-16-12-7-6-10-14-21-2/h2-18H2,1H3,(H,23,25). The van der Waals surface area contributed by atoms with Crippen LogP contribution in [-0.2, 0) is 4.74 Å². The van der Waals surface area contributed by atoms with Crippen LogP contribution in [0.15, 0.2) is 9.98 Å². The molecule has 0 aromatic carbocycles. The highest BCUT2D eigenvalue weighted by molar-refractivity contribution is 5.90. The Morgan fingerprint density at radius 3 is 2.07 bits per heavy atom. The summed E-state index contributed by atoms with van der Waals surface area (Å²) in [5, 5.41) is 2.83. The molecule has 0 aliphatic rings. The number of hydrogen-bond donors (Lipinski definition) is 1. The van der Waals surface area contributed by atoms with Crippen molar-refractivity contribution in [1.82, 2.24) is 10.2 Å². The summed E-state index contributed by atoms with van der Waals surface area (Å²) >= 11 is 0. The predicted molar refractivity (Wildman–Crippen MR) is 112 cm³/mol. The van der Waals surface area contributed by atoms with Crippen LogP contribution in [0.4, 0.5) is 9.59 Å². The van der Waals surface area contributed by atoms with Crippen molar-refractivity contribution in [1.29, 1.82) is 0 Å². The van der Waals surface area contributed by atoms with Crippen LogP contribution < -0.4 is 5.32 Å². The number of amides is 3. The average molecular weight is 383 g/mol. The van der Waals surface area contributed by atoms with Gasteiger partial charge in [0.05, 0.1) is 6.61 Å². The third-order valence-electron chi connectivity index (χ3n) is 4.16. The van der Waals surface area contributed by atoms with Crippen LogP contribution in [0.3, 0.4) is 0 Å². The van der Waals surface area contributed by atoms with Gasteiger partial charge in [-0.15, -0.1) is 0 Å². The summed E-state index contributed by atoms with van der Waals surface area (Å²) in [5.74, 6) is 0. The second-order valence-corrected chi connectivity index (χ2v) is 6.57. The van der Waals surface area contributed by atoms with Gasteiger partial charge in [-0.25, -0.2) is 14.5 Å². The lowest BCUT2D eigenvalue weighted by Gasteiger charge is -2.21. The number of ether oxygens (including phenoxy) is 1. The fourth-order valence-corrected chi connectivity index (χ4v) is 2.50. The normalized spacial score (nSPS) is 10.3. The Labute approximate surface area is 164 Å². The molecule has 0 unspecified atom stereocenters. The minimum absolute atomic E-state index is 0.349. The zero-order valence-corrected chi connectivity index (χ0v) is 17.1. The van der Waals surface area contributed by atoms with Crippen LogP contribution in [0.5, 0.6) is 0 Å². The maximum atomic E-state index is 12.4. The lowest BCUT2D eigenvalue weighted by molar-refractivity contribution is 0.108. The summed E-state index contributed by atoms with van der Waals surface area (Å²) in [7, 11) is 0. The van der Waals surface area contributed by atoms with Crippen LogP contribution in [-0.4, -0.2) is 63.2 Å². The van der Waals surface area contributed by atoms with Gasteiger partial charge < -0.3 is 20.0 Å². The zero-order valence-electron chi connectivity index (χ0n) is 17.1. The van der Waals surface area contributed by atoms with Gasteiger partial charge in [0.1, 0.15) is 0 Å². The number of imide groups is 1. The van der Waals surface area contributed by atoms with Crippen molar-refractivity contribution >= 4 is 25.6 Å². The van der Waals surface area contributed by atoms with Crippen LogP contribution in [0, 0.1) is 0 Å². The predicted octanol–water partition coefficient (Wildman–Crippen LogP) is 4.46. The molecule has 1 N–H and O–H groups in total. The molecule has 7 heteroatoms. The molecule has 7 nitrogen and oxygen atoms in total. The van der Waals surface area contributed by atoms with Crippen molar-refractivity contribution in [3.05, 3.63) is 0 Å². The van der Waals surface area contributed by atoms with Gasteiger partial charge in [-0.3, -0.25) is 0 Å². The summed E-state index contributed by atoms with van der Waals surface area (Å²) in [5.41, 5.74) is 0. The lowest BCUT2D eigenvalue weighted by Crippen LogP contribution is -2.45. The van der Waals surface area contributed by atoms with Gasteiger partial charge in [-0.1, -0.05) is 39.0 Å². The number of nitrogens with zero attached hydrogens (tertiary/aromatic N) is 3. The number of nitrogens with one attached hydrogen (secondary N) is 1. The fraction of sp³-hybridized carbons (Fsp3) is 0.800. The minimum atomic E-state index is -0.550. The summed E-state index contributed by atoms with van der Waals surface area (Å²) in [4.78, 5) is 33.5. The molecule has 3 amide bonds. The molecular weight excluding hydrogens is 344 g/mol. The number of carbonyl (C=O) groups is 2. The quantitative estimate of drug-likeness (QED) is 0.298. The summed E-state index contributed by atoms with van der Waals surface area (Å²) < 4.78 is 5.22. The van der Waals surface area contributed by atoms with E-state index >= 15 is 0 Å². The molecule has 0 heterocycles. The van der Waals surface area contributed by atoms with Gasteiger partial charge in [0.2, 0.25) is 0 Å². The highest BCUT2D eigenvalue weighted by Crippen LogP contribution is 2.06. The SMILES string of the molecule is C=NCCCCCCNC(=O)N(CCCCCCN=C)C(=O)OCCCC. The van der Waals surface area contributed by atoms with Gasteiger partial charge in [-0.05, 0) is 45.5 Å². The van der Waals surface area contributed by atoms with E-state index in [0.717, 1.165) is 77.3 Å². The first-order valence-corrected chi connectivity index (χ1v) is 10.2. The first-order valence-electron chi connectivity index (χ1n) is 10.2. The second-order valence-electron chi connectivity index (χ2n) is 6.57. The van der Waals surface area contributed by atoms with Crippen molar-refractivity contribution in [2.75, 3.05) is 32.8 Å². The van der Waals surface area contributed by atoms with Crippen LogP contribution in [0.25, 0.3) is 0 Å². The van der Waals surface area contributed by atoms with Gasteiger partial charge in [0.15, 0.2) is 0 Å². The lowest BCUT2D eigenvalue weighted by atomic mass is 10.2. The third-order valence-corrected chi connectivity index (χ3v) is 4.16. The van der Waals surface area contributed by atoms with E-state index in [4.69, 9.17) is 4.74 Å².